The molecule has 0 aromatic heterocycles. The van der Waals surface area contributed by atoms with Gasteiger partial charge in [-0.1, -0.05) is 36.5 Å². The van der Waals surface area contributed by atoms with Crippen LogP contribution in [0.5, 0.6) is 5.75 Å². The third kappa shape index (κ3) is 8.52. The predicted octanol–water partition coefficient (Wildman–Crippen LogP) is 6.07. The second kappa shape index (κ2) is 14.5. The zero-order valence-electron chi connectivity index (χ0n) is 22.6. The number of halogens is 4. The largest absolute Gasteiger partial charge is 0.492 e. The number of rotatable bonds is 12. The normalized spacial score (nSPS) is 17.3. The molecular formula is C29H30F4N2O5S2. The fourth-order valence-corrected chi connectivity index (χ4v) is 5.85. The molecule has 0 radical (unpaired) electrons. The maximum Gasteiger partial charge on any atom is 0.416 e. The number of hydrogen-bond donors (Lipinski definition) is 1. The molecule has 2 aromatic rings. The number of amides is 1. The Labute approximate surface area is 250 Å². The minimum absolute atomic E-state index is 0.0510. The van der Waals surface area contributed by atoms with E-state index in [2.05, 4.69) is 4.90 Å². The Morgan fingerprint density at radius 3 is 2.57 bits per heavy atom. The third-order valence-electron chi connectivity index (χ3n) is 6.82. The van der Waals surface area contributed by atoms with Crippen molar-refractivity contribution in [3.05, 3.63) is 58.2 Å². The summed E-state index contributed by atoms with van der Waals surface area (Å²) in [7, 11) is 0. The number of morpholine rings is 1. The van der Waals surface area contributed by atoms with Gasteiger partial charge in [0, 0.05) is 43.7 Å². The molecule has 2 saturated heterocycles. The SMILES string of the molecule is O=C(O)CCCCCN1C(=O)/C(=C/c2cc(-c3cc(C(F)(F)F)ccc3F)ccc2OCCN2CCOCC2)SC1=S. The van der Waals surface area contributed by atoms with Crippen LogP contribution in [0, 0.1) is 5.82 Å². The molecule has 2 aliphatic rings. The first-order valence-electron chi connectivity index (χ1n) is 13.4. The van der Waals surface area contributed by atoms with Crippen LogP contribution in [0.3, 0.4) is 0 Å². The third-order valence-corrected chi connectivity index (χ3v) is 8.19. The van der Waals surface area contributed by atoms with Crippen molar-refractivity contribution in [2.75, 3.05) is 46.0 Å². The number of alkyl halides is 3. The lowest BCUT2D eigenvalue weighted by Crippen LogP contribution is -2.38. The molecule has 0 bridgehead atoms. The van der Waals surface area contributed by atoms with Gasteiger partial charge in [0.2, 0.25) is 0 Å². The monoisotopic (exact) mass is 626 g/mol. The number of benzene rings is 2. The molecule has 1 amide bonds. The number of nitrogens with zero attached hydrogens (tertiary/aromatic N) is 2. The highest BCUT2D eigenvalue weighted by Gasteiger charge is 2.33. The van der Waals surface area contributed by atoms with Gasteiger partial charge in [-0.15, -0.1) is 0 Å². The van der Waals surface area contributed by atoms with Crippen molar-refractivity contribution in [2.45, 2.75) is 31.9 Å². The van der Waals surface area contributed by atoms with E-state index < -0.39 is 23.5 Å². The van der Waals surface area contributed by atoms with Crippen LogP contribution < -0.4 is 4.74 Å². The Kier molecular flexibility index (Phi) is 11.0. The van der Waals surface area contributed by atoms with Crippen molar-refractivity contribution in [3.63, 3.8) is 0 Å². The quantitative estimate of drug-likeness (QED) is 0.132. The Morgan fingerprint density at radius 1 is 1.10 bits per heavy atom. The highest BCUT2D eigenvalue weighted by molar-refractivity contribution is 8.26. The van der Waals surface area contributed by atoms with Crippen LogP contribution in [-0.4, -0.2) is 77.1 Å². The molecule has 0 spiro atoms. The van der Waals surface area contributed by atoms with Gasteiger partial charge >= 0.3 is 12.1 Å². The lowest BCUT2D eigenvalue weighted by Gasteiger charge is -2.26. The van der Waals surface area contributed by atoms with E-state index in [1.54, 1.807) is 12.1 Å². The van der Waals surface area contributed by atoms with Gasteiger partial charge in [-0.3, -0.25) is 19.4 Å². The summed E-state index contributed by atoms with van der Waals surface area (Å²) >= 11 is 6.49. The van der Waals surface area contributed by atoms with Crippen molar-refractivity contribution in [1.82, 2.24) is 9.80 Å². The van der Waals surface area contributed by atoms with Crippen molar-refractivity contribution >= 4 is 46.3 Å². The average Bonchev–Trinajstić information content (AvgIpc) is 3.21. The van der Waals surface area contributed by atoms with Crippen LogP contribution in [-0.2, 0) is 20.5 Å². The predicted molar refractivity (Wildman–Crippen MR) is 156 cm³/mol. The molecule has 2 fully saturated rings. The number of carboxylic acid groups (broad SMARTS) is 1. The van der Waals surface area contributed by atoms with E-state index in [4.69, 9.17) is 26.8 Å². The fourth-order valence-electron chi connectivity index (χ4n) is 4.55. The van der Waals surface area contributed by atoms with E-state index >= 15 is 0 Å². The van der Waals surface area contributed by atoms with Crippen molar-refractivity contribution in [1.29, 1.82) is 0 Å². The average molecular weight is 627 g/mol. The number of ether oxygens (including phenoxy) is 2. The van der Waals surface area contributed by atoms with E-state index in [9.17, 15) is 27.2 Å². The number of aliphatic carboxylic acids is 1. The number of thiocarbonyl (C=S) groups is 1. The molecule has 2 aliphatic heterocycles. The first-order valence-corrected chi connectivity index (χ1v) is 14.7. The Balaban J connectivity index is 1.58. The Hall–Kier alpha value is -3.00. The van der Waals surface area contributed by atoms with Crippen molar-refractivity contribution in [3.8, 4) is 16.9 Å². The minimum Gasteiger partial charge on any atom is -0.492 e. The first kappa shape index (κ1) is 31.9. The van der Waals surface area contributed by atoms with E-state index in [0.29, 0.717) is 78.8 Å². The van der Waals surface area contributed by atoms with Crippen LogP contribution in [0.15, 0.2) is 41.3 Å². The van der Waals surface area contributed by atoms with Crippen LogP contribution in [0.2, 0.25) is 0 Å². The van der Waals surface area contributed by atoms with Crippen LogP contribution in [0.4, 0.5) is 17.6 Å². The second-order valence-corrected chi connectivity index (χ2v) is 11.5. The summed E-state index contributed by atoms with van der Waals surface area (Å²) in [4.78, 5) is 27.8. The van der Waals surface area contributed by atoms with Gasteiger partial charge in [-0.25, -0.2) is 4.39 Å². The molecule has 13 heteroatoms. The summed E-state index contributed by atoms with van der Waals surface area (Å²) in [5.74, 6) is -1.64. The number of unbranched alkanes of at least 4 members (excludes halogenated alkanes) is 2. The first-order chi connectivity index (χ1) is 20.0. The van der Waals surface area contributed by atoms with Gasteiger partial charge in [-0.2, -0.15) is 13.2 Å². The summed E-state index contributed by atoms with van der Waals surface area (Å²) in [5, 5.41) is 8.80. The summed E-state index contributed by atoms with van der Waals surface area (Å²) in [6, 6.07) is 6.78. The van der Waals surface area contributed by atoms with Gasteiger partial charge in [0.05, 0.1) is 23.7 Å². The molecule has 226 valence electrons. The number of hydrogen-bond acceptors (Lipinski definition) is 7. The van der Waals surface area contributed by atoms with Crippen LogP contribution >= 0.6 is 24.0 Å². The summed E-state index contributed by atoms with van der Waals surface area (Å²) in [5.41, 5.74) is -0.615. The molecule has 1 N–H and O–H groups in total. The standard InChI is InChI=1S/C29H30F4N2O5S2/c30-23-7-6-21(29(31,32)33)18-22(23)19-5-8-24(40-15-12-34-10-13-39-14-11-34)20(16-19)17-25-27(38)35(28(41)42-25)9-3-1-2-4-26(36)37/h5-8,16-18H,1-4,9-15H2,(H,36,37)/b25-17-. The number of carboxylic acids is 1. The molecule has 7 nitrogen and oxygen atoms in total. The highest BCUT2D eigenvalue weighted by atomic mass is 32.2. The molecule has 2 heterocycles. The summed E-state index contributed by atoms with van der Waals surface area (Å²) in [6.45, 7) is 4.06. The summed E-state index contributed by atoms with van der Waals surface area (Å²) in [6.07, 6.45) is -1.35. The van der Waals surface area contributed by atoms with Gasteiger partial charge < -0.3 is 14.6 Å². The minimum atomic E-state index is -4.64. The van der Waals surface area contributed by atoms with Crippen LogP contribution in [0.1, 0.15) is 36.8 Å². The highest BCUT2D eigenvalue weighted by Crippen LogP contribution is 2.38. The van der Waals surface area contributed by atoms with Gasteiger partial charge in [0.15, 0.2) is 0 Å². The Bertz CT molecular complexity index is 1350. The zero-order valence-corrected chi connectivity index (χ0v) is 24.3. The fraction of sp³-hybridized carbons (Fsp3) is 0.414. The lowest BCUT2D eigenvalue weighted by molar-refractivity contribution is -0.138. The number of carbonyl (C=O) groups is 2. The Morgan fingerprint density at radius 2 is 1.86 bits per heavy atom. The molecular weight excluding hydrogens is 596 g/mol. The van der Waals surface area contributed by atoms with E-state index in [0.717, 1.165) is 37.0 Å². The number of carbonyl (C=O) groups excluding carboxylic acids is 1. The topological polar surface area (TPSA) is 79.3 Å². The molecule has 2 aromatic carbocycles. The van der Waals surface area contributed by atoms with Crippen molar-refractivity contribution < 1.29 is 41.7 Å². The zero-order chi connectivity index (χ0) is 30.3. The second-order valence-electron chi connectivity index (χ2n) is 9.79. The van der Waals surface area contributed by atoms with E-state index in [1.165, 1.54) is 17.0 Å². The smallest absolute Gasteiger partial charge is 0.416 e. The molecule has 0 saturated carbocycles. The summed E-state index contributed by atoms with van der Waals surface area (Å²) < 4.78 is 66.5. The molecule has 42 heavy (non-hydrogen) atoms. The van der Waals surface area contributed by atoms with E-state index in [1.807, 2.05) is 0 Å². The van der Waals surface area contributed by atoms with Gasteiger partial charge in [0.25, 0.3) is 5.91 Å². The molecule has 0 unspecified atom stereocenters. The molecule has 4 rings (SSSR count). The lowest BCUT2D eigenvalue weighted by atomic mass is 9.99. The molecule has 0 aliphatic carbocycles. The van der Waals surface area contributed by atoms with Gasteiger partial charge in [0.1, 0.15) is 22.5 Å². The maximum absolute atomic E-state index is 14.7. The number of thioether (sulfide) groups is 1. The van der Waals surface area contributed by atoms with Crippen molar-refractivity contribution in [2.24, 2.45) is 0 Å². The van der Waals surface area contributed by atoms with E-state index in [-0.39, 0.29) is 23.5 Å². The van der Waals surface area contributed by atoms with Crippen LogP contribution in [0.25, 0.3) is 17.2 Å². The molecule has 0 atom stereocenters. The van der Waals surface area contributed by atoms with Gasteiger partial charge in [-0.05, 0) is 54.8 Å². The maximum atomic E-state index is 14.7.